The predicted octanol–water partition coefficient (Wildman–Crippen LogP) is 2.15. The summed E-state index contributed by atoms with van der Waals surface area (Å²) in [6.45, 7) is 0.370. The average Bonchev–Trinajstić information content (AvgIpc) is 3.31. The standard InChI is InChI=1S/C24H24N4O4/c25-21(29)12-11-20(28-23(31)17-8-1-2-9-18(17)24(28)32)22(30)26-13-5-6-15-14-27-19-10-4-3-7-16(15)19/h1-4,7-10,14,20,27H,5-6,11-13H2,(H2,25,29)(H,26,30). The van der Waals surface area contributed by atoms with Crippen molar-refractivity contribution < 1.29 is 19.2 Å². The normalized spacial score (nSPS) is 13.9. The Labute approximate surface area is 184 Å². The molecule has 0 aliphatic carbocycles. The Morgan fingerprint density at radius 1 is 1.00 bits per heavy atom. The number of carbonyl (C=O) groups excluding carboxylic acids is 4. The molecule has 1 aliphatic heterocycles. The summed E-state index contributed by atoms with van der Waals surface area (Å²) < 4.78 is 0. The van der Waals surface area contributed by atoms with Crippen molar-refractivity contribution in [2.45, 2.75) is 31.7 Å². The van der Waals surface area contributed by atoms with Crippen molar-refractivity contribution in [2.24, 2.45) is 5.73 Å². The van der Waals surface area contributed by atoms with E-state index in [9.17, 15) is 19.2 Å². The molecule has 1 aliphatic rings. The van der Waals surface area contributed by atoms with Crippen LogP contribution in [-0.4, -0.2) is 46.1 Å². The molecule has 2 aromatic carbocycles. The van der Waals surface area contributed by atoms with Crippen LogP contribution in [0, 0.1) is 0 Å². The number of carbonyl (C=O) groups is 4. The number of nitrogens with two attached hydrogens (primary N) is 1. The molecule has 1 atom stereocenters. The number of hydrogen-bond donors (Lipinski definition) is 3. The lowest BCUT2D eigenvalue weighted by Gasteiger charge is -2.25. The molecule has 4 rings (SSSR count). The number of rotatable bonds is 9. The number of aromatic nitrogens is 1. The molecule has 0 saturated carbocycles. The quantitative estimate of drug-likeness (QED) is 0.354. The number of amides is 4. The van der Waals surface area contributed by atoms with E-state index in [1.165, 1.54) is 0 Å². The molecule has 0 fully saturated rings. The number of nitrogens with zero attached hydrogens (tertiary/aromatic N) is 1. The highest BCUT2D eigenvalue weighted by atomic mass is 16.2. The highest BCUT2D eigenvalue weighted by molar-refractivity contribution is 6.22. The van der Waals surface area contributed by atoms with Crippen LogP contribution in [0.1, 0.15) is 45.5 Å². The third kappa shape index (κ3) is 4.12. The van der Waals surface area contributed by atoms with Crippen molar-refractivity contribution in [3.8, 4) is 0 Å². The second kappa shape index (κ2) is 9.05. The number of aromatic amines is 1. The van der Waals surface area contributed by atoms with Crippen LogP contribution in [0.25, 0.3) is 10.9 Å². The van der Waals surface area contributed by atoms with Gasteiger partial charge in [-0.2, -0.15) is 0 Å². The van der Waals surface area contributed by atoms with Gasteiger partial charge in [0.15, 0.2) is 0 Å². The number of primary amides is 1. The van der Waals surface area contributed by atoms with Crippen molar-refractivity contribution in [1.82, 2.24) is 15.2 Å². The van der Waals surface area contributed by atoms with Crippen LogP contribution in [0.5, 0.6) is 0 Å². The molecule has 32 heavy (non-hydrogen) atoms. The summed E-state index contributed by atoms with van der Waals surface area (Å²) in [7, 11) is 0. The van der Waals surface area contributed by atoms with Crippen LogP contribution >= 0.6 is 0 Å². The van der Waals surface area contributed by atoms with Gasteiger partial charge in [-0.1, -0.05) is 30.3 Å². The first-order valence-corrected chi connectivity index (χ1v) is 10.6. The molecular weight excluding hydrogens is 408 g/mol. The van der Waals surface area contributed by atoms with Gasteiger partial charge in [0.25, 0.3) is 11.8 Å². The van der Waals surface area contributed by atoms with Gasteiger partial charge in [0.2, 0.25) is 11.8 Å². The van der Waals surface area contributed by atoms with E-state index in [1.54, 1.807) is 24.3 Å². The lowest BCUT2D eigenvalue weighted by atomic mass is 10.1. The van der Waals surface area contributed by atoms with Gasteiger partial charge < -0.3 is 16.0 Å². The molecule has 8 heteroatoms. The summed E-state index contributed by atoms with van der Waals surface area (Å²) in [5.74, 6) is -2.14. The maximum Gasteiger partial charge on any atom is 0.262 e. The van der Waals surface area contributed by atoms with E-state index in [2.05, 4.69) is 10.3 Å². The number of hydrogen-bond acceptors (Lipinski definition) is 4. The SMILES string of the molecule is NC(=O)CCC(C(=O)NCCCc1c[nH]c2ccccc12)N1C(=O)c2ccccc2C1=O. The fraction of sp³-hybridized carbons (Fsp3) is 0.250. The largest absolute Gasteiger partial charge is 0.370 e. The first kappa shape index (κ1) is 21.3. The summed E-state index contributed by atoms with van der Waals surface area (Å²) in [5.41, 5.74) is 7.98. The van der Waals surface area contributed by atoms with Crippen molar-refractivity contribution in [3.63, 3.8) is 0 Å². The van der Waals surface area contributed by atoms with Crippen LogP contribution in [0.15, 0.2) is 54.7 Å². The molecule has 0 saturated heterocycles. The monoisotopic (exact) mass is 432 g/mol. The van der Waals surface area contributed by atoms with E-state index in [1.807, 2.05) is 30.5 Å². The number of H-pyrrole nitrogens is 1. The Hall–Kier alpha value is -3.94. The number of para-hydroxylation sites is 1. The summed E-state index contributed by atoms with van der Waals surface area (Å²) in [6.07, 6.45) is 3.26. The number of nitrogens with one attached hydrogen (secondary N) is 2. The van der Waals surface area contributed by atoms with Gasteiger partial charge in [-0.15, -0.1) is 0 Å². The highest BCUT2D eigenvalue weighted by Crippen LogP contribution is 2.26. The van der Waals surface area contributed by atoms with Crippen LogP contribution in [0.4, 0.5) is 0 Å². The van der Waals surface area contributed by atoms with E-state index in [4.69, 9.17) is 5.73 Å². The molecule has 0 radical (unpaired) electrons. The van der Waals surface area contributed by atoms with Crippen LogP contribution in [0.3, 0.4) is 0 Å². The zero-order valence-corrected chi connectivity index (χ0v) is 17.5. The second-order valence-electron chi connectivity index (χ2n) is 7.80. The third-order valence-electron chi connectivity index (χ3n) is 5.70. The van der Waals surface area contributed by atoms with Gasteiger partial charge in [-0.3, -0.25) is 24.1 Å². The van der Waals surface area contributed by atoms with Gasteiger partial charge in [0.05, 0.1) is 11.1 Å². The summed E-state index contributed by atoms with van der Waals surface area (Å²) >= 11 is 0. The number of aryl methyl sites for hydroxylation is 1. The summed E-state index contributed by atoms with van der Waals surface area (Å²) in [4.78, 5) is 54.1. The minimum Gasteiger partial charge on any atom is -0.370 e. The van der Waals surface area contributed by atoms with E-state index < -0.39 is 29.7 Å². The molecule has 0 spiro atoms. The predicted molar refractivity (Wildman–Crippen MR) is 119 cm³/mol. The highest BCUT2D eigenvalue weighted by Gasteiger charge is 2.42. The maximum atomic E-state index is 12.9. The minimum absolute atomic E-state index is 0.0188. The van der Waals surface area contributed by atoms with Crippen molar-refractivity contribution in [3.05, 3.63) is 71.4 Å². The van der Waals surface area contributed by atoms with Gasteiger partial charge in [-0.25, -0.2) is 0 Å². The van der Waals surface area contributed by atoms with Crippen molar-refractivity contribution in [2.75, 3.05) is 6.54 Å². The topological polar surface area (TPSA) is 125 Å². The Morgan fingerprint density at radius 3 is 2.34 bits per heavy atom. The summed E-state index contributed by atoms with van der Waals surface area (Å²) in [6, 6.07) is 13.3. The lowest BCUT2D eigenvalue weighted by molar-refractivity contribution is -0.125. The van der Waals surface area contributed by atoms with Crippen LogP contribution in [-0.2, 0) is 16.0 Å². The molecule has 1 unspecified atom stereocenters. The van der Waals surface area contributed by atoms with Gasteiger partial charge >= 0.3 is 0 Å². The van der Waals surface area contributed by atoms with Crippen LogP contribution in [0.2, 0.25) is 0 Å². The molecule has 8 nitrogen and oxygen atoms in total. The third-order valence-corrected chi connectivity index (χ3v) is 5.70. The minimum atomic E-state index is -1.09. The average molecular weight is 432 g/mol. The van der Waals surface area contributed by atoms with E-state index in [0.717, 1.165) is 27.8 Å². The van der Waals surface area contributed by atoms with Crippen LogP contribution < -0.4 is 11.1 Å². The smallest absolute Gasteiger partial charge is 0.262 e. The number of fused-ring (bicyclic) bond motifs is 2. The molecule has 3 aromatic rings. The molecule has 4 N–H and O–H groups in total. The Kier molecular flexibility index (Phi) is 6.02. The molecule has 1 aromatic heterocycles. The number of imide groups is 1. The Balaban J connectivity index is 1.41. The number of benzene rings is 2. The van der Waals surface area contributed by atoms with Gasteiger partial charge in [-0.05, 0) is 43.0 Å². The zero-order chi connectivity index (χ0) is 22.7. The Bertz CT molecular complexity index is 1160. The first-order valence-electron chi connectivity index (χ1n) is 10.6. The summed E-state index contributed by atoms with van der Waals surface area (Å²) in [5, 5.41) is 3.96. The fourth-order valence-electron chi connectivity index (χ4n) is 4.09. The zero-order valence-electron chi connectivity index (χ0n) is 17.5. The molecular formula is C24H24N4O4. The van der Waals surface area contributed by atoms with Crippen molar-refractivity contribution >= 4 is 34.5 Å². The Morgan fingerprint density at radius 2 is 1.66 bits per heavy atom. The molecule has 0 bridgehead atoms. The van der Waals surface area contributed by atoms with Crippen molar-refractivity contribution in [1.29, 1.82) is 0 Å². The van der Waals surface area contributed by atoms with E-state index in [0.29, 0.717) is 13.0 Å². The first-order chi connectivity index (χ1) is 15.5. The molecule has 4 amide bonds. The van der Waals surface area contributed by atoms with E-state index >= 15 is 0 Å². The lowest BCUT2D eigenvalue weighted by Crippen LogP contribution is -2.50. The van der Waals surface area contributed by atoms with Gasteiger partial charge in [0.1, 0.15) is 6.04 Å². The second-order valence-corrected chi connectivity index (χ2v) is 7.80. The van der Waals surface area contributed by atoms with Gasteiger partial charge in [0, 0.05) is 30.1 Å². The maximum absolute atomic E-state index is 12.9. The van der Waals surface area contributed by atoms with E-state index in [-0.39, 0.29) is 24.0 Å². The molecule has 2 heterocycles. The fourth-order valence-corrected chi connectivity index (χ4v) is 4.09. The molecule has 164 valence electrons.